The number of carbonyl (C=O) groups excluding carboxylic acids is 4. The van der Waals surface area contributed by atoms with Crippen molar-refractivity contribution in [1.82, 2.24) is 10.4 Å². The summed E-state index contributed by atoms with van der Waals surface area (Å²) in [6.07, 6.45) is 15.3. The number of amides is 3. The molecule has 3 aliphatic rings. The fourth-order valence-corrected chi connectivity index (χ4v) is 9.41. The van der Waals surface area contributed by atoms with E-state index >= 15 is 0 Å². The van der Waals surface area contributed by atoms with Crippen molar-refractivity contribution in [3.63, 3.8) is 0 Å². The molecule has 0 aromatic heterocycles. The Hall–Kier alpha value is -5.66. The van der Waals surface area contributed by atoms with Crippen molar-refractivity contribution in [2.75, 3.05) is 31.1 Å². The van der Waals surface area contributed by atoms with Crippen LogP contribution in [0.25, 0.3) is 10.4 Å². The van der Waals surface area contributed by atoms with E-state index in [1.54, 1.807) is 12.1 Å². The van der Waals surface area contributed by atoms with Crippen molar-refractivity contribution in [3.05, 3.63) is 94.0 Å². The number of benzene rings is 2. The van der Waals surface area contributed by atoms with E-state index in [1.165, 1.54) is 24.3 Å². The van der Waals surface area contributed by atoms with Crippen LogP contribution in [-0.4, -0.2) is 91.2 Å². The Morgan fingerprint density at radius 3 is 2.23 bits per heavy atom. The number of azide groups is 1. The monoisotopic (exact) mass is 935 g/mol. The summed E-state index contributed by atoms with van der Waals surface area (Å²) in [5.74, 6) is -1.81. The second-order valence-corrected chi connectivity index (χ2v) is 20.0. The second kappa shape index (κ2) is 21.6. The van der Waals surface area contributed by atoms with E-state index in [0.29, 0.717) is 75.3 Å². The van der Waals surface area contributed by atoms with Gasteiger partial charge in [-0.15, -0.1) is 5.06 Å². The van der Waals surface area contributed by atoms with Crippen molar-refractivity contribution in [1.29, 1.82) is 0 Å². The fourth-order valence-electron chi connectivity index (χ4n) is 8.41. The summed E-state index contributed by atoms with van der Waals surface area (Å²) in [4.78, 5) is 57.5. The Bertz CT molecular complexity index is 2560. The lowest BCUT2D eigenvalue weighted by atomic mass is 9.81. The molecule has 1 fully saturated rings. The van der Waals surface area contributed by atoms with Crippen LogP contribution in [0.1, 0.15) is 116 Å². The first-order valence-corrected chi connectivity index (χ1v) is 24.6. The van der Waals surface area contributed by atoms with Crippen LogP contribution >= 0.6 is 0 Å². The Labute approximate surface area is 380 Å². The third-order valence-electron chi connectivity index (χ3n) is 11.9. The molecule has 2 aromatic carbocycles. The first-order valence-electron chi connectivity index (χ1n) is 21.7. The van der Waals surface area contributed by atoms with Gasteiger partial charge < -0.3 is 19.6 Å². The summed E-state index contributed by atoms with van der Waals surface area (Å²) in [5, 5.41) is 6.82. The van der Waals surface area contributed by atoms with Gasteiger partial charge in [0.2, 0.25) is 11.6 Å². The number of hydroxylamine groups is 2. The van der Waals surface area contributed by atoms with Crippen LogP contribution in [0.15, 0.2) is 87.4 Å². The minimum Gasteiger partial charge on any atom is -0.744 e. The van der Waals surface area contributed by atoms with Crippen LogP contribution in [0.4, 0.5) is 11.4 Å². The van der Waals surface area contributed by atoms with E-state index in [9.17, 15) is 45.1 Å². The first-order chi connectivity index (χ1) is 30.7. The maximum atomic E-state index is 12.4. The Kier molecular flexibility index (Phi) is 16.7. The number of allylic oxidation sites excluding steroid dienone is 6. The maximum Gasteiger partial charge on any atom is 0.333 e. The normalized spacial score (nSPS) is 17.4. The minimum atomic E-state index is -4.73. The number of imide groups is 1. The lowest BCUT2D eigenvalue weighted by molar-refractivity contribution is -0.438. The highest BCUT2D eigenvalue weighted by molar-refractivity contribution is 7.86. The van der Waals surface area contributed by atoms with Crippen molar-refractivity contribution < 1.29 is 54.5 Å². The molecule has 2 aromatic rings. The van der Waals surface area contributed by atoms with E-state index in [-0.39, 0.29) is 35.0 Å². The van der Waals surface area contributed by atoms with Crippen LogP contribution in [0.3, 0.4) is 0 Å². The van der Waals surface area contributed by atoms with E-state index in [0.717, 1.165) is 47.6 Å². The maximum absolute atomic E-state index is 12.4. The van der Waals surface area contributed by atoms with Gasteiger partial charge in [-0.05, 0) is 93.5 Å². The second-order valence-electron chi connectivity index (χ2n) is 17.2. The summed E-state index contributed by atoms with van der Waals surface area (Å²) >= 11 is 0. The van der Waals surface area contributed by atoms with Crippen molar-refractivity contribution in [2.45, 2.75) is 125 Å². The summed E-state index contributed by atoms with van der Waals surface area (Å²) in [7, 11) is -9.18. The molecule has 350 valence electrons. The van der Waals surface area contributed by atoms with E-state index in [2.05, 4.69) is 24.8 Å². The minimum absolute atomic E-state index is 0.00559. The standard InChI is InChI=1S/C45H57N7O11S2/c1-44(2)34-30-32(64(57,58)59)20-22-36(34)50(28-13-6-5-11-18-40(53)47-26-15-27-48-49-46)38(44)16-9-7-10-17-39-45(3,4)35-31-33(65(60,61)62)21-23-37(35)51(39)29-14-8-12-19-43(56)63-52-41(54)24-25-42(52)55/h7,9-10,16-17,20-23,30-31H,5-6,8,11-15,18-19,24-29H2,1-4H3,(H2-,47,53,57,58,59,60,61,62). The largest absolute Gasteiger partial charge is 0.744 e. The van der Waals surface area contributed by atoms with Gasteiger partial charge in [-0.25, -0.2) is 13.2 Å². The highest BCUT2D eigenvalue weighted by atomic mass is 32.2. The van der Waals surface area contributed by atoms with Crippen LogP contribution in [0, 0.1) is 0 Å². The molecule has 0 unspecified atom stereocenters. The average Bonchev–Trinajstić information content (AvgIpc) is 3.75. The van der Waals surface area contributed by atoms with E-state index in [1.807, 2.05) is 58.1 Å². The van der Waals surface area contributed by atoms with Gasteiger partial charge in [0.05, 0.1) is 15.2 Å². The third kappa shape index (κ3) is 12.6. The van der Waals surface area contributed by atoms with Crippen LogP contribution in [0.2, 0.25) is 0 Å². The highest BCUT2D eigenvalue weighted by Gasteiger charge is 2.45. The summed E-state index contributed by atoms with van der Waals surface area (Å²) in [5.41, 5.74) is 11.7. The van der Waals surface area contributed by atoms with Gasteiger partial charge in [0.1, 0.15) is 16.7 Å². The predicted octanol–water partition coefficient (Wildman–Crippen LogP) is 6.94. The van der Waals surface area contributed by atoms with Gasteiger partial charge in [0.25, 0.3) is 21.9 Å². The number of carbonyl (C=O) groups is 4. The van der Waals surface area contributed by atoms with Crippen molar-refractivity contribution >= 4 is 61.0 Å². The number of anilines is 1. The van der Waals surface area contributed by atoms with Crippen LogP contribution in [0.5, 0.6) is 0 Å². The zero-order chi connectivity index (χ0) is 47.6. The summed E-state index contributed by atoms with van der Waals surface area (Å²) < 4.78 is 72.3. The quantitative estimate of drug-likeness (QED) is 0.0168. The highest BCUT2D eigenvalue weighted by Crippen LogP contribution is 2.48. The molecule has 5 rings (SSSR count). The number of unbranched alkanes of at least 4 members (excludes halogenated alkanes) is 5. The lowest BCUT2D eigenvalue weighted by Gasteiger charge is -2.27. The zero-order valence-electron chi connectivity index (χ0n) is 37.2. The van der Waals surface area contributed by atoms with Crippen molar-refractivity contribution in [3.8, 4) is 0 Å². The smallest absolute Gasteiger partial charge is 0.333 e. The molecule has 0 saturated carbocycles. The van der Waals surface area contributed by atoms with Gasteiger partial charge in [0.15, 0.2) is 5.71 Å². The van der Waals surface area contributed by atoms with Gasteiger partial charge in [-0.3, -0.25) is 18.9 Å². The molecule has 18 nitrogen and oxygen atoms in total. The fraction of sp³-hybridized carbons (Fsp3) is 0.489. The number of nitrogens with zero attached hydrogens (tertiary/aromatic N) is 6. The van der Waals surface area contributed by atoms with Crippen LogP contribution in [-0.2, 0) is 55.1 Å². The molecular weight excluding hydrogens is 879 g/mol. The molecule has 3 amide bonds. The lowest BCUT2D eigenvalue weighted by Crippen LogP contribution is -2.31. The van der Waals surface area contributed by atoms with Gasteiger partial charge in [-0.1, -0.05) is 50.0 Å². The number of nitrogens with one attached hydrogen (secondary N) is 1. The van der Waals surface area contributed by atoms with Gasteiger partial charge >= 0.3 is 5.97 Å². The SMILES string of the molecule is CC1(C)C(/C=C/C=C/C=C2/N(CCCCCCC(=O)NCCCN=[N+]=[N-])c3ccc(S(=O)(=O)O)cc3C2(C)C)=[N+](CCCCCC(=O)ON2C(=O)CCC2=O)c2ccc(S(=O)(=O)[O-])cc21. The average molecular weight is 936 g/mol. The number of rotatable bonds is 23. The number of fused-ring (bicyclic) bond motifs is 2. The van der Waals surface area contributed by atoms with Gasteiger partial charge in [0, 0.05) is 91.2 Å². The summed E-state index contributed by atoms with van der Waals surface area (Å²) in [6.45, 7) is 9.74. The Balaban J connectivity index is 1.31. The molecule has 3 heterocycles. The molecule has 2 N–H and O–H groups in total. The first kappa shape index (κ1) is 50.3. The van der Waals surface area contributed by atoms with E-state index in [4.69, 9.17) is 10.4 Å². The zero-order valence-corrected chi connectivity index (χ0v) is 38.8. The number of hydrogen-bond donors (Lipinski definition) is 2. The predicted molar refractivity (Wildman–Crippen MR) is 241 cm³/mol. The Morgan fingerprint density at radius 2 is 1.54 bits per heavy atom. The third-order valence-corrected chi connectivity index (χ3v) is 13.5. The molecule has 20 heteroatoms. The van der Waals surface area contributed by atoms with Crippen LogP contribution < -0.4 is 10.2 Å². The summed E-state index contributed by atoms with van der Waals surface area (Å²) in [6, 6.07) is 8.94. The molecule has 0 radical (unpaired) electrons. The molecule has 1 saturated heterocycles. The van der Waals surface area contributed by atoms with E-state index < -0.39 is 48.8 Å². The molecule has 0 spiro atoms. The number of hydrogen-bond acceptors (Lipinski definition) is 12. The van der Waals surface area contributed by atoms with Gasteiger partial charge in [-0.2, -0.15) is 13.0 Å². The molecule has 0 aliphatic carbocycles. The molecule has 3 aliphatic heterocycles. The Morgan fingerprint density at radius 1 is 0.877 bits per heavy atom. The van der Waals surface area contributed by atoms with Crippen molar-refractivity contribution in [2.24, 2.45) is 5.11 Å². The molecule has 0 bridgehead atoms. The molecular formula is C45H57N7O11S2. The molecule has 0 atom stereocenters. The topological polar surface area (TPSA) is 259 Å². The molecule has 65 heavy (non-hydrogen) atoms.